The van der Waals surface area contributed by atoms with Crippen LogP contribution in [0.5, 0.6) is 0 Å². The number of hydrogen-bond donors (Lipinski definition) is 0. The molecule has 94 valence electrons. The lowest BCUT2D eigenvalue weighted by molar-refractivity contribution is 0.143. The number of hydrogen-bond acceptors (Lipinski definition) is 1. The van der Waals surface area contributed by atoms with Crippen LogP contribution in [0.2, 0.25) is 0 Å². The van der Waals surface area contributed by atoms with Crippen molar-refractivity contribution < 1.29 is 0 Å². The molecular weight excluding hydrogens is 206 g/mol. The van der Waals surface area contributed by atoms with Crippen LogP contribution in [0.15, 0.2) is 24.3 Å². The first-order valence-electron chi connectivity index (χ1n) is 6.80. The van der Waals surface area contributed by atoms with Crippen LogP contribution in [-0.2, 0) is 13.1 Å². The van der Waals surface area contributed by atoms with Gasteiger partial charge in [0.2, 0.25) is 0 Å². The Morgan fingerprint density at radius 3 is 2.06 bits per heavy atom. The van der Waals surface area contributed by atoms with Crippen LogP contribution >= 0.6 is 0 Å². The Hall–Kier alpha value is -0.820. The van der Waals surface area contributed by atoms with Crippen molar-refractivity contribution in [1.29, 1.82) is 0 Å². The highest BCUT2D eigenvalue weighted by atomic mass is 15.2. The first-order chi connectivity index (χ1) is 7.99. The molecule has 0 spiro atoms. The van der Waals surface area contributed by atoms with Crippen LogP contribution in [0, 0.1) is 5.41 Å². The molecule has 1 aliphatic rings. The maximum atomic E-state index is 2.65. The molecule has 0 radical (unpaired) electrons. The zero-order valence-corrected chi connectivity index (χ0v) is 11.7. The maximum Gasteiger partial charge on any atom is 0.0243 e. The van der Waals surface area contributed by atoms with Crippen molar-refractivity contribution in [1.82, 2.24) is 4.90 Å². The van der Waals surface area contributed by atoms with Crippen molar-refractivity contribution in [2.24, 2.45) is 5.41 Å². The SMILES string of the molecule is CC[C@@H](CC(C)(C)C)N1Cc2ccccc2C1. The molecule has 1 aromatic rings. The van der Waals surface area contributed by atoms with Gasteiger partial charge >= 0.3 is 0 Å². The van der Waals surface area contributed by atoms with Gasteiger partial charge in [-0.3, -0.25) is 4.90 Å². The fourth-order valence-corrected chi connectivity index (χ4v) is 2.86. The maximum absolute atomic E-state index is 2.65. The molecule has 1 aromatic carbocycles. The molecule has 0 N–H and O–H groups in total. The van der Waals surface area contributed by atoms with E-state index in [2.05, 4.69) is 56.9 Å². The summed E-state index contributed by atoms with van der Waals surface area (Å²) in [6.07, 6.45) is 2.54. The molecule has 0 aromatic heterocycles. The molecule has 1 nitrogen and oxygen atoms in total. The van der Waals surface area contributed by atoms with Crippen molar-refractivity contribution in [2.75, 3.05) is 0 Å². The van der Waals surface area contributed by atoms with Gasteiger partial charge in [-0.1, -0.05) is 52.0 Å². The zero-order valence-electron chi connectivity index (χ0n) is 11.7. The minimum Gasteiger partial charge on any atom is -0.292 e. The Balaban J connectivity index is 2.05. The molecule has 2 rings (SSSR count). The molecule has 0 saturated carbocycles. The predicted octanol–water partition coefficient (Wildman–Crippen LogP) is 4.22. The second kappa shape index (κ2) is 4.81. The monoisotopic (exact) mass is 231 g/mol. The number of rotatable bonds is 3. The summed E-state index contributed by atoms with van der Waals surface area (Å²) in [6.45, 7) is 11.6. The Bertz CT molecular complexity index is 350. The first-order valence-corrected chi connectivity index (χ1v) is 6.80. The Labute approximate surface area is 106 Å². The van der Waals surface area contributed by atoms with E-state index in [1.807, 2.05) is 0 Å². The summed E-state index contributed by atoms with van der Waals surface area (Å²) in [5, 5.41) is 0. The largest absolute Gasteiger partial charge is 0.292 e. The Morgan fingerprint density at radius 2 is 1.65 bits per heavy atom. The second-order valence-electron chi connectivity index (χ2n) is 6.50. The topological polar surface area (TPSA) is 3.24 Å². The van der Waals surface area contributed by atoms with E-state index in [0.29, 0.717) is 5.41 Å². The van der Waals surface area contributed by atoms with E-state index in [0.717, 1.165) is 19.1 Å². The fourth-order valence-electron chi connectivity index (χ4n) is 2.86. The van der Waals surface area contributed by atoms with Gasteiger partial charge in [-0.15, -0.1) is 0 Å². The molecule has 1 aliphatic heterocycles. The van der Waals surface area contributed by atoms with Crippen molar-refractivity contribution in [2.45, 2.75) is 59.7 Å². The molecular formula is C16H25N. The summed E-state index contributed by atoms with van der Waals surface area (Å²) in [7, 11) is 0. The number of benzene rings is 1. The van der Waals surface area contributed by atoms with Gasteiger partial charge in [0.15, 0.2) is 0 Å². The van der Waals surface area contributed by atoms with Gasteiger partial charge in [-0.25, -0.2) is 0 Å². The van der Waals surface area contributed by atoms with Gasteiger partial charge in [-0.2, -0.15) is 0 Å². The Morgan fingerprint density at radius 1 is 1.12 bits per heavy atom. The van der Waals surface area contributed by atoms with Crippen LogP contribution in [0.25, 0.3) is 0 Å². The molecule has 0 amide bonds. The predicted molar refractivity (Wildman–Crippen MR) is 73.8 cm³/mol. The molecule has 0 unspecified atom stereocenters. The number of nitrogens with zero attached hydrogens (tertiary/aromatic N) is 1. The molecule has 1 heteroatoms. The minimum absolute atomic E-state index is 0.426. The first kappa shape index (κ1) is 12.6. The van der Waals surface area contributed by atoms with Gasteiger partial charge < -0.3 is 0 Å². The lowest BCUT2D eigenvalue weighted by Gasteiger charge is -2.32. The van der Waals surface area contributed by atoms with Gasteiger partial charge in [0, 0.05) is 19.1 Å². The normalized spacial score (nSPS) is 18.1. The summed E-state index contributed by atoms with van der Waals surface area (Å²) in [5.74, 6) is 0. The molecule has 0 fully saturated rings. The highest BCUT2D eigenvalue weighted by Gasteiger charge is 2.27. The van der Waals surface area contributed by atoms with Crippen molar-refractivity contribution in [3.05, 3.63) is 35.4 Å². The average Bonchev–Trinajstić information content (AvgIpc) is 2.67. The quantitative estimate of drug-likeness (QED) is 0.753. The van der Waals surface area contributed by atoms with Crippen LogP contribution in [0.3, 0.4) is 0 Å². The van der Waals surface area contributed by atoms with Crippen molar-refractivity contribution in [3.8, 4) is 0 Å². The minimum atomic E-state index is 0.426. The van der Waals surface area contributed by atoms with E-state index in [1.165, 1.54) is 24.0 Å². The van der Waals surface area contributed by atoms with Crippen molar-refractivity contribution in [3.63, 3.8) is 0 Å². The van der Waals surface area contributed by atoms with E-state index in [9.17, 15) is 0 Å². The molecule has 1 atom stereocenters. The molecule has 0 bridgehead atoms. The zero-order chi connectivity index (χ0) is 12.5. The van der Waals surface area contributed by atoms with Gasteiger partial charge in [0.25, 0.3) is 0 Å². The van der Waals surface area contributed by atoms with E-state index in [1.54, 1.807) is 0 Å². The van der Waals surface area contributed by atoms with E-state index in [-0.39, 0.29) is 0 Å². The highest BCUT2D eigenvalue weighted by molar-refractivity contribution is 5.30. The summed E-state index contributed by atoms with van der Waals surface area (Å²) in [4.78, 5) is 2.65. The summed E-state index contributed by atoms with van der Waals surface area (Å²) in [5.41, 5.74) is 3.48. The van der Waals surface area contributed by atoms with Gasteiger partial charge in [0.05, 0.1) is 0 Å². The lowest BCUT2D eigenvalue weighted by atomic mass is 9.86. The molecule has 1 heterocycles. The van der Waals surface area contributed by atoms with Crippen LogP contribution < -0.4 is 0 Å². The van der Waals surface area contributed by atoms with Crippen molar-refractivity contribution >= 4 is 0 Å². The van der Waals surface area contributed by atoms with E-state index in [4.69, 9.17) is 0 Å². The third kappa shape index (κ3) is 3.10. The lowest BCUT2D eigenvalue weighted by Crippen LogP contribution is -2.33. The van der Waals surface area contributed by atoms with E-state index < -0.39 is 0 Å². The molecule has 17 heavy (non-hydrogen) atoms. The number of fused-ring (bicyclic) bond motifs is 1. The van der Waals surface area contributed by atoms with Crippen LogP contribution in [0.4, 0.5) is 0 Å². The summed E-state index contributed by atoms with van der Waals surface area (Å²) >= 11 is 0. The molecule has 0 saturated heterocycles. The highest BCUT2D eigenvalue weighted by Crippen LogP contribution is 2.31. The summed E-state index contributed by atoms with van der Waals surface area (Å²) < 4.78 is 0. The third-order valence-corrected chi connectivity index (χ3v) is 3.70. The van der Waals surface area contributed by atoms with Gasteiger partial charge in [-0.05, 0) is 29.4 Å². The third-order valence-electron chi connectivity index (χ3n) is 3.70. The van der Waals surface area contributed by atoms with Gasteiger partial charge in [0.1, 0.15) is 0 Å². The Kier molecular flexibility index (Phi) is 3.58. The van der Waals surface area contributed by atoms with Crippen LogP contribution in [0.1, 0.15) is 51.7 Å². The molecule has 0 aliphatic carbocycles. The standard InChI is InChI=1S/C16H25N/c1-5-15(10-16(2,3)4)17-11-13-8-6-7-9-14(13)12-17/h6-9,15H,5,10-12H2,1-4H3/t15-/m0/s1. The summed E-state index contributed by atoms with van der Waals surface area (Å²) in [6, 6.07) is 9.60. The average molecular weight is 231 g/mol. The smallest absolute Gasteiger partial charge is 0.0243 e. The van der Waals surface area contributed by atoms with E-state index >= 15 is 0 Å². The fraction of sp³-hybridized carbons (Fsp3) is 0.625. The second-order valence-corrected chi connectivity index (χ2v) is 6.50. The van der Waals surface area contributed by atoms with Crippen LogP contribution in [-0.4, -0.2) is 10.9 Å².